The second-order valence-corrected chi connectivity index (χ2v) is 16.3. The van der Waals surface area contributed by atoms with E-state index in [1.807, 2.05) is 0 Å². The smallest absolute Gasteiger partial charge is 0.316 e. The highest BCUT2D eigenvalue weighted by atomic mass is 16.7. The Kier molecular flexibility index (Phi) is 9.78. The lowest BCUT2D eigenvalue weighted by Gasteiger charge is -2.57. The van der Waals surface area contributed by atoms with Crippen LogP contribution in [-0.2, 0) is 43.6 Å². The number of aromatic hydroxyl groups is 1. The normalized spacial score (nSPS) is 38.8. The van der Waals surface area contributed by atoms with Crippen LogP contribution in [0.15, 0.2) is 18.2 Å². The number of hydrogen-bond donors (Lipinski definition) is 4. The highest BCUT2D eigenvalue weighted by Crippen LogP contribution is 2.55. The standard InChI is InChI=1S/C39H49NO16/c1-15-32(49-7)39(4,52-10)33(50-8)36(53-15)54-22-14-37(2,47)25(34(46)51-9)17-12-19-18(11-16(17)22)27(42)23-21(41)13-20-30(24(23)28(19)43)55-35-29(44)26(40(5,6)48)31(45)38(20,3)56-35/h11-13,15,22,25-26,29,31-33,35-36,41,44-45,47H,14H2,1-10H3/t15-,22-,25+,26-,29+,31-,32+,33-,35+,36+,37+,38-,39+/m1/s1. The number of phenolic OH excluding ortho intramolecular Hbond substituents is 1. The van der Waals surface area contributed by atoms with Crippen molar-refractivity contribution in [1.82, 2.24) is 0 Å². The largest absolute Gasteiger partial charge is 0.633 e. The zero-order valence-electron chi connectivity index (χ0n) is 32.8. The number of hydroxylamine groups is 3. The van der Waals surface area contributed by atoms with Crippen molar-refractivity contribution in [3.05, 3.63) is 62.4 Å². The summed E-state index contributed by atoms with van der Waals surface area (Å²) in [5.41, 5.74) is -5.37. The minimum absolute atomic E-state index is 0.0255. The molecule has 2 bridgehead atoms. The Balaban J connectivity index is 1.37. The van der Waals surface area contributed by atoms with Gasteiger partial charge >= 0.3 is 5.97 Å². The Morgan fingerprint density at radius 1 is 0.946 bits per heavy atom. The van der Waals surface area contributed by atoms with Gasteiger partial charge in [-0.15, -0.1) is 0 Å². The van der Waals surface area contributed by atoms with Gasteiger partial charge in [-0.3, -0.25) is 14.4 Å². The Morgan fingerprint density at radius 3 is 2.12 bits per heavy atom. The first-order valence-electron chi connectivity index (χ1n) is 18.3. The van der Waals surface area contributed by atoms with Crippen molar-refractivity contribution in [3.63, 3.8) is 0 Å². The van der Waals surface area contributed by atoms with Crippen LogP contribution in [0.3, 0.4) is 0 Å². The molecule has 0 unspecified atom stereocenters. The van der Waals surface area contributed by atoms with E-state index in [-0.39, 0.29) is 45.6 Å². The van der Waals surface area contributed by atoms with Crippen LogP contribution in [0, 0.1) is 5.21 Å². The number of fused-ring (bicyclic) bond motifs is 8. The number of likely N-dealkylation sites (N-methyl/N-ethyl adjacent to an activating group) is 1. The van der Waals surface area contributed by atoms with Gasteiger partial charge in [0.1, 0.15) is 46.9 Å². The van der Waals surface area contributed by atoms with E-state index in [9.17, 15) is 40.0 Å². The van der Waals surface area contributed by atoms with Crippen molar-refractivity contribution in [2.24, 2.45) is 0 Å². The highest BCUT2D eigenvalue weighted by molar-refractivity contribution is 6.30. The number of ketones is 2. The van der Waals surface area contributed by atoms with Crippen LogP contribution in [-0.4, -0.2) is 145 Å². The zero-order valence-corrected chi connectivity index (χ0v) is 32.8. The maximum atomic E-state index is 14.7. The van der Waals surface area contributed by atoms with Gasteiger partial charge in [-0.2, -0.15) is 0 Å². The molecular formula is C39H49NO16. The van der Waals surface area contributed by atoms with Crippen LogP contribution >= 0.6 is 0 Å². The molecule has 4 N–H and O–H groups in total. The number of esters is 1. The molecule has 7 rings (SSSR count). The molecule has 13 atom stereocenters. The average Bonchev–Trinajstić information content (AvgIpc) is 3.11. The third kappa shape index (κ3) is 5.66. The monoisotopic (exact) mass is 787 g/mol. The number of nitrogens with zero attached hydrogens (tertiary/aromatic N) is 1. The van der Waals surface area contributed by atoms with Crippen LogP contribution in [0.25, 0.3) is 0 Å². The van der Waals surface area contributed by atoms with E-state index in [1.54, 1.807) is 13.8 Å². The molecule has 2 fully saturated rings. The second-order valence-electron chi connectivity index (χ2n) is 16.3. The molecule has 0 saturated carbocycles. The van der Waals surface area contributed by atoms with Crippen LogP contribution in [0.1, 0.15) is 94.7 Å². The third-order valence-corrected chi connectivity index (χ3v) is 12.5. The Bertz CT molecular complexity index is 1980. The van der Waals surface area contributed by atoms with Gasteiger partial charge in [0.15, 0.2) is 30.0 Å². The number of carbonyl (C=O) groups is 3. The van der Waals surface area contributed by atoms with Gasteiger partial charge in [-0.05, 0) is 57.0 Å². The molecule has 5 aliphatic rings. The lowest BCUT2D eigenvalue weighted by molar-refractivity contribution is -0.880. The van der Waals surface area contributed by atoms with Crippen LogP contribution < -0.4 is 4.74 Å². The molecule has 0 spiro atoms. The summed E-state index contributed by atoms with van der Waals surface area (Å²) in [6.07, 6.45) is -9.19. The molecular weight excluding hydrogens is 738 g/mol. The summed E-state index contributed by atoms with van der Waals surface area (Å²) < 4.78 is 46.3. The average molecular weight is 788 g/mol. The van der Waals surface area contributed by atoms with Crippen molar-refractivity contribution >= 4 is 17.5 Å². The van der Waals surface area contributed by atoms with E-state index in [2.05, 4.69) is 0 Å². The summed E-state index contributed by atoms with van der Waals surface area (Å²) in [5.74, 6) is -4.60. The Morgan fingerprint density at radius 2 is 1.55 bits per heavy atom. The molecule has 17 nitrogen and oxygen atoms in total. The van der Waals surface area contributed by atoms with E-state index >= 15 is 0 Å². The van der Waals surface area contributed by atoms with Crippen molar-refractivity contribution in [1.29, 1.82) is 0 Å². The van der Waals surface area contributed by atoms with Crippen molar-refractivity contribution in [3.8, 4) is 11.5 Å². The van der Waals surface area contributed by atoms with E-state index in [0.29, 0.717) is 0 Å². The number of methoxy groups -OCH3 is 4. The topological polar surface area (TPSA) is 229 Å². The molecule has 0 radical (unpaired) electrons. The molecule has 2 aromatic carbocycles. The molecule has 3 heterocycles. The molecule has 2 aromatic rings. The summed E-state index contributed by atoms with van der Waals surface area (Å²) >= 11 is 0. The molecule has 306 valence electrons. The number of ether oxygens (including phenoxy) is 8. The van der Waals surface area contributed by atoms with Gasteiger partial charge in [0.05, 0.1) is 50.1 Å². The minimum atomic E-state index is -1.82. The number of phenols is 1. The first kappa shape index (κ1) is 40.6. The van der Waals surface area contributed by atoms with Crippen molar-refractivity contribution in [2.75, 3.05) is 42.5 Å². The number of carbonyl (C=O) groups excluding carboxylic acids is 3. The number of benzene rings is 2. The number of aliphatic hydroxyl groups excluding tert-OH is 2. The fourth-order valence-corrected chi connectivity index (χ4v) is 9.67. The van der Waals surface area contributed by atoms with Gasteiger partial charge in [-0.25, -0.2) is 0 Å². The summed E-state index contributed by atoms with van der Waals surface area (Å²) in [6, 6.07) is 2.52. The summed E-state index contributed by atoms with van der Waals surface area (Å²) in [4.78, 5) is 42.7. The maximum Gasteiger partial charge on any atom is 0.316 e. The number of aliphatic hydroxyl groups is 3. The van der Waals surface area contributed by atoms with E-state index in [0.717, 1.165) is 13.2 Å². The summed E-state index contributed by atoms with van der Waals surface area (Å²) in [6.45, 7) is 6.44. The number of rotatable bonds is 7. The van der Waals surface area contributed by atoms with Crippen molar-refractivity contribution in [2.45, 2.75) is 112 Å². The predicted molar refractivity (Wildman–Crippen MR) is 191 cm³/mol. The third-order valence-electron chi connectivity index (χ3n) is 12.5. The van der Waals surface area contributed by atoms with Crippen molar-refractivity contribution < 1.29 is 77.4 Å². The van der Waals surface area contributed by atoms with Crippen LogP contribution in [0.2, 0.25) is 0 Å². The second kappa shape index (κ2) is 13.5. The number of hydrogen-bond acceptors (Lipinski definition) is 16. The highest BCUT2D eigenvalue weighted by Gasteiger charge is 2.62. The Hall–Kier alpha value is -3.59. The quantitative estimate of drug-likeness (QED) is 0.151. The van der Waals surface area contributed by atoms with E-state index < -0.39 is 111 Å². The molecule has 2 aliphatic carbocycles. The Labute approximate surface area is 323 Å². The lowest BCUT2D eigenvalue weighted by Crippen LogP contribution is -2.71. The maximum absolute atomic E-state index is 14.7. The molecule has 17 heteroatoms. The van der Waals surface area contributed by atoms with Gasteiger partial charge in [0.25, 0.3) is 0 Å². The van der Waals surface area contributed by atoms with E-state index in [1.165, 1.54) is 61.4 Å². The predicted octanol–water partition coefficient (Wildman–Crippen LogP) is 1.45. The zero-order chi connectivity index (χ0) is 41.2. The van der Waals surface area contributed by atoms with E-state index in [4.69, 9.17) is 37.9 Å². The van der Waals surface area contributed by atoms with Crippen LogP contribution in [0.5, 0.6) is 11.5 Å². The lowest BCUT2D eigenvalue weighted by atomic mass is 9.68. The van der Waals surface area contributed by atoms with Gasteiger partial charge in [-0.1, -0.05) is 0 Å². The molecule has 0 aromatic heterocycles. The summed E-state index contributed by atoms with van der Waals surface area (Å²) in [5, 5.41) is 59.1. The fraction of sp³-hybridized carbons (Fsp3) is 0.615. The molecule has 56 heavy (non-hydrogen) atoms. The van der Waals surface area contributed by atoms with Gasteiger partial charge in [0, 0.05) is 44.4 Å². The fourth-order valence-electron chi connectivity index (χ4n) is 9.67. The SMILES string of the molecule is COC(=O)[C@@H]1c2cc3c(cc2[C@H](O[C@@H]2O[C@H](C)[C@H](OC)[C@](C)(OC)[C@@H]2OC)C[C@]1(C)O)C(=O)c1c(O)cc2c(c1C3=O)O[C@H]1O[C@@]2(C)[C@H](O)[C@H]([N+](C)(C)[O-])[C@@H]1O. The van der Waals surface area contributed by atoms with Gasteiger partial charge in [0.2, 0.25) is 6.29 Å². The molecule has 0 amide bonds. The molecule has 3 aliphatic heterocycles. The van der Waals surface area contributed by atoms with Gasteiger partial charge < -0.3 is 68.2 Å². The molecule has 2 saturated heterocycles. The first-order chi connectivity index (χ1) is 26.1. The minimum Gasteiger partial charge on any atom is -0.633 e. The first-order valence-corrected chi connectivity index (χ1v) is 18.3. The van der Waals surface area contributed by atoms with Crippen LogP contribution in [0.4, 0.5) is 0 Å². The number of quaternary nitrogens is 1. The summed E-state index contributed by atoms with van der Waals surface area (Å²) in [7, 11) is 8.13.